The first-order valence-corrected chi connectivity index (χ1v) is 2.62. The Balaban J connectivity index is 3.21. The Kier molecular flexibility index (Phi) is 3.78. The summed E-state index contributed by atoms with van der Waals surface area (Å²) in [4.78, 5) is 14.5. The van der Waals surface area contributed by atoms with Gasteiger partial charge in [0.1, 0.15) is 6.61 Å². The van der Waals surface area contributed by atoms with Crippen LogP contribution in [0, 0.1) is 0 Å². The van der Waals surface area contributed by atoms with E-state index in [4.69, 9.17) is 17.2 Å². The molecule has 0 radical (unpaired) electrons. The van der Waals surface area contributed by atoms with Crippen LogP contribution in [0.5, 0.6) is 0 Å². The monoisotopic (exact) mass is 146 g/mol. The van der Waals surface area contributed by atoms with Crippen LogP contribution in [-0.4, -0.2) is 18.5 Å². The summed E-state index contributed by atoms with van der Waals surface area (Å²) in [6.45, 7) is 0.104. The van der Waals surface area contributed by atoms with Crippen molar-refractivity contribution >= 4 is 11.9 Å². The molecule has 0 heterocycles. The number of carbonyl (C=O) groups excluding carboxylic acids is 1. The Hall–Kier alpha value is -1.46. The molecular formula is C4H10N4O2. The van der Waals surface area contributed by atoms with Crippen LogP contribution in [0.4, 0.5) is 0 Å². The van der Waals surface area contributed by atoms with Gasteiger partial charge in [-0.1, -0.05) is 0 Å². The van der Waals surface area contributed by atoms with Gasteiger partial charge in [-0.05, 0) is 5.16 Å². The molecule has 0 aromatic heterocycles. The molecule has 6 N–H and O–H groups in total. The maximum atomic E-state index is 10.1. The molecule has 6 heteroatoms. The van der Waals surface area contributed by atoms with Gasteiger partial charge in [-0.2, -0.15) is 0 Å². The molecule has 0 aliphatic carbocycles. The van der Waals surface area contributed by atoms with E-state index in [1.165, 1.54) is 0 Å². The molecular weight excluding hydrogens is 136 g/mol. The van der Waals surface area contributed by atoms with Gasteiger partial charge in [-0.25, -0.2) is 0 Å². The third-order valence-electron chi connectivity index (χ3n) is 0.610. The highest BCUT2D eigenvalue weighted by atomic mass is 16.6. The maximum Gasteiger partial charge on any atom is 0.228 e. The number of primary amides is 1. The first-order chi connectivity index (χ1) is 4.63. The van der Waals surface area contributed by atoms with Crippen molar-refractivity contribution in [1.29, 1.82) is 0 Å². The molecule has 0 aromatic carbocycles. The molecule has 0 rings (SSSR count). The molecule has 58 valence electrons. The van der Waals surface area contributed by atoms with Gasteiger partial charge >= 0.3 is 0 Å². The number of carbonyl (C=O) groups is 1. The molecule has 0 unspecified atom stereocenters. The molecule has 0 bridgehead atoms. The summed E-state index contributed by atoms with van der Waals surface area (Å²) in [5, 5.41) is 3.16. The number of guanidine groups is 1. The fourth-order valence-corrected chi connectivity index (χ4v) is 0.266. The molecule has 0 saturated carbocycles. The van der Waals surface area contributed by atoms with Crippen LogP contribution in [-0.2, 0) is 9.63 Å². The zero-order valence-electron chi connectivity index (χ0n) is 5.41. The third-order valence-corrected chi connectivity index (χ3v) is 0.610. The lowest BCUT2D eigenvalue weighted by molar-refractivity contribution is -0.119. The molecule has 0 aliphatic rings. The van der Waals surface area contributed by atoms with Crippen molar-refractivity contribution in [2.75, 3.05) is 6.61 Å². The fourth-order valence-electron chi connectivity index (χ4n) is 0.266. The first-order valence-electron chi connectivity index (χ1n) is 2.62. The molecule has 0 spiro atoms. The van der Waals surface area contributed by atoms with Crippen LogP contribution in [0.25, 0.3) is 0 Å². The van der Waals surface area contributed by atoms with Crippen molar-refractivity contribution in [3.63, 3.8) is 0 Å². The second-order valence-electron chi connectivity index (χ2n) is 1.57. The number of amides is 1. The average molecular weight is 146 g/mol. The van der Waals surface area contributed by atoms with E-state index in [0.717, 1.165) is 0 Å². The Morgan fingerprint density at radius 2 is 2.00 bits per heavy atom. The largest absolute Gasteiger partial charge is 0.392 e. The van der Waals surface area contributed by atoms with Gasteiger partial charge in [0.25, 0.3) is 0 Å². The predicted molar refractivity (Wildman–Crippen MR) is 35.6 cm³/mol. The van der Waals surface area contributed by atoms with Crippen LogP contribution in [0.15, 0.2) is 5.16 Å². The molecule has 0 fully saturated rings. The summed E-state index contributed by atoms with van der Waals surface area (Å²) in [7, 11) is 0. The lowest BCUT2D eigenvalue weighted by Gasteiger charge is -1.94. The van der Waals surface area contributed by atoms with Crippen molar-refractivity contribution in [3.05, 3.63) is 0 Å². The minimum Gasteiger partial charge on any atom is -0.392 e. The van der Waals surface area contributed by atoms with Crippen LogP contribution < -0.4 is 17.2 Å². The van der Waals surface area contributed by atoms with Gasteiger partial charge in [-0.15, -0.1) is 0 Å². The Morgan fingerprint density at radius 3 is 2.40 bits per heavy atom. The normalized spacial score (nSPS) is 8.40. The summed E-state index contributed by atoms with van der Waals surface area (Å²) in [6.07, 6.45) is 0.108. The third kappa shape index (κ3) is 6.54. The summed E-state index contributed by atoms with van der Waals surface area (Å²) in [5.74, 6) is -0.629. The number of hydrogen-bond acceptors (Lipinski definition) is 3. The van der Waals surface area contributed by atoms with Crippen molar-refractivity contribution in [2.45, 2.75) is 6.42 Å². The summed E-state index contributed by atoms with van der Waals surface area (Å²) in [6, 6.07) is 0. The highest BCUT2D eigenvalue weighted by molar-refractivity contribution is 5.75. The van der Waals surface area contributed by atoms with Gasteiger partial charge in [0, 0.05) is 0 Å². The highest BCUT2D eigenvalue weighted by Gasteiger charge is 1.92. The number of rotatable bonds is 4. The van der Waals surface area contributed by atoms with Crippen LogP contribution >= 0.6 is 0 Å². The van der Waals surface area contributed by atoms with Gasteiger partial charge in [0.15, 0.2) is 0 Å². The summed E-state index contributed by atoms with van der Waals surface area (Å²) >= 11 is 0. The van der Waals surface area contributed by atoms with Gasteiger partial charge < -0.3 is 22.0 Å². The lowest BCUT2D eigenvalue weighted by Crippen LogP contribution is -2.23. The second-order valence-corrected chi connectivity index (χ2v) is 1.57. The van der Waals surface area contributed by atoms with Gasteiger partial charge in [0.2, 0.25) is 11.9 Å². The van der Waals surface area contributed by atoms with E-state index in [-0.39, 0.29) is 19.0 Å². The van der Waals surface area contributed by atoms with E-state index >= 15 is 0 Å². The van der Waals surface area contributed by atoms with Crippen LogP contribution in [0.3, 0.4) is 0 Å². The Bertz CT molecular complexity index is 140. The molecule has 10 heavy (non-hydrogen) atoms. The minimum atomic E-state index is -0.453. The fraction of sp³-hybridized carbons (Fsp3) is 0.500. The zero-order chi connectivity index (χ0) is 7.98. The van der Waals surface area contributed by atoms with E-state index in [1.54, 1.807) is 0 Å². The van der Waals surface area contributed by atoms with E-state index in [2.05, 4.69) is 9.99 Å². The molecule has 0 saturated heterocycles. The highest BCUT2D eigenvalue weighted by Crippen LogP contribution is 1.79. The number of hydrogen-bond donors (Lipinski definition) is 3. The van der Waals surface area contributed by atoms with Gasteiger partial charge in [0.05, 0.1) is 6.42 Å². The molecule has 0 atom stereocenters. The smallest absolute Gasteiger partial charge is 0.228 e. The molecule has 0 aliphatic heterocycles. The number of nitrogens with zero attached hydrogens (tertiary/aromatic N) is 1. The van der Waals surface area contributed by atoms with E-state index in [9.17, 15) is 4.79 Å². The van der Waals surface area contributed by atoms with E-state index in [1.807, 2.05) is 0 Å². The first kappa shape index (κ1) is 8.54. The standard InChI is InChI=1S/C4H10N4O2/c5-3(9)1-2-10-8-4(6)7/h1-2H2,(H2,5,9)(H4,6,7,8). The average Bonchev–Trinajstić information content (AvgIpc) is 1.79. The lowest BCUT2D eigenvalue weighted by atomic mass is 10.4. The quantitative estimate of drug-likeness (QED) is 0.185. The van der Waals surface area contributed by atoms with E-state index in [0.29, 0.717) is 0 Å². The van der Waals surface area contributed by atoms with Crippen LogP contribution in [0.1, 0.15) is 6.42 Å². The molecule has 6 nitrogen and oxygen atoms in total. The van der Waals surface area contributed by atoms with Crippen molar-refractivity contribution in [3.8, 4) is 0 Å². The predicted octanol–water partition coefficient (Wildman–Crippen LogP) is -1.93. The number of nitrogens with two attached hydrogens (primary N) is 3. The molecule has 1 amide bonds. The van der Waals surface area contributed by atoms with Crippen molar-refractivity contribution < 1.29 is 9.63 Å². The van der Waals surface area contributed by atoms with Gasteiger partial charge in [-0.3, -0.25) is 4.79 Å². The Labute approximate surface area is 58.0 Å². The minimum absolute atomic E-state index is 0.104. The van der Waals surface area contributed by atoms with Crippen molar-refractivity contribution in [1.82, 2.24) is 0 Å². The zero-order valence-corrected chi connectivity index (χ0v) is 5.41. The second kappa shape index (κ2) is 4.42. The van der Waals surface area contributed by atoms with Crippen molar-refractivity contribution in [2.24, 2.45) is 22.4 Å². The SMILES string of the molecule is NC(=O)CCON=C(N)N. The summed E-state index contributed by atoms with van der Waals surface area (Å²) < 4.78 is 0. The molecule has 0 aromatic rings. The topological polar surface area (TPSA) is 117 Å². The van der Waals surface area contributed by atoms with E-state index < -0.39 is 5.91 Å². The van der Waals surface area contributed by atoms with Crippen LogP contribution in [0.2, 0.25) is 0 Å². The number of oxime groups is 1. The maximum absolute atomic E-state index is 10.1. The Morgan fingerprint density at radius 1 is 1.40 bits per heavy atom. The summed E-state index contributed by atoms with van der Waals surface area (Å²) in [5.41, 5.74) is 14.6.